The Morgan fingerprint density at radius 2 is 1.89 bits per heavy atom. The van der Waals surface area contributed by atoms with Crippen molar-refractivity contribution in [3.63, 3.8) is 0 Å². The lowest BCUT2D eigenvalue weighted by Crippen LogP contribution is -2.54. The molecule has 10 nitrogen and oxygen atoms in total. The summed E-state index contributed by atoms with van der Waals surface area (Å²) in [5, 5.41) is 20.4. The van der Waals surface area contributed by atoms with Crippen LogP contribution >= 0.6 is 22.6 Å². The van der Waals surface area contributed by atoms with Gasteiger partial charge in [0.2, 0.25) is 11.8 Å². The van der Waals surface area contributed by atoms with Gasteiger partial charge >= 0.3 is 0 Å². The van der Waals surface area contributed by atoms with E-state index in [1.165, 1.54) is 24.8 Å². The molecule has 10 unspecified atom stereocenters. The summed E-state index contributed by atoms with van der Waals surface area (Å²) in [6.45, 7) is 12.9. The SMILES string of the molecule is CC1=C2CC3C(CC=C4CC(O)CCC43C)C2CCC12OC1CC(C)CN(CCNC(=O)CCCCCNC(=O)CCc3ccc(I)c(N=[N+]=[N-])c3)C1C2C. The summed E-state index contributed by atoms with van der Waals surface area (Å²) >= 11 is 2.13. The topological polar surface area (TPSA) is 140 Å². The van der Waals surface area contributed by atoms with Crippen molar-refractivity contribution in [3.8, 4) is 0 Å². The second kappa shape index (κ2) is 17.2. The lowest BCUT2D eigenvalue weighted by atomic mass is 9.56. The quantitative estimate of drug-likeness (QED) is 0.0455. The van der Waals surface area contributed by atoms with Gasteiger partial charge in [0.1, 0.15) is 0 Å². The molecule has 55 heavy (non-hydrogen) atoms. The van der Waals surface area contributed by atoms with E-state index >= 15 is 0 Å². The number of halogens is 1. The van der Waals surface area contributed by atoms with E-state index in [4.69, 9.17) is 10.3 Å². The van der Waals surface area contributed by atoms with E-state index in [-0.39, 0.29) is 35.0 Å². The highest BCUT2D eigenvalue weighted by molar-refractivity contribution is 14.1. The number of carbonyl (C=O) groups is 2. The van der Waals surface area contributed by atoms with Crippen LogP contribution in [0.15, 0.2) is 46.1 Å². The molecule has 1 aromatic carbocycles. The molecule has 0 aromatic heterocycles. The summed E-state index contributed by atoms with van der Waals surface area (Å²) < 4.78 is 8.21. The van der Waals surface area contributed by atoms with E-state index in [2.05, 4.69) is 81.9 Å². The number of nitrogens with one attached hydrogen (secondary N) is 2. The molecule has 2 saturated heterocycles. The zero-order chi connectivity index (χ0) is 38.9. The molecule has 300 valence electrons. The van der Waals surface area contributed by atoms with Crippen molar-refractivity contribution in [1.82, 2.24) is 15.5 Å². The molecule has 3 N–H and O–H groups in total. The maximum atomic E-state index is 12.8. The lowest BCUT2D eigenvalue weighted by Gasteiger charge is -2.49. The number of rotatable bonds is 13. The first-order valence-electron chi connectivity index (χ1n) is 21.3. The minimum Gasteiger partial charge on any atom is -0.393 e. The van der Waals surface area contributed by atoms with Gasteiger partial charge in [0, 0.05) is 59.5 Å². The minimum atomic E-state index is -0.182. The molecule has 1 spiro atoms. The molecular weight excluding hydrogens is 803 g/mol. The number of allylic oxidation sites excluding steroid dienone is 2. The van der Waals surface area contributed by atoms with E-state index in [0.717, 1.165) is 79.5 Å². The Kier molecular flexibility index (Phi) is 12.7. The van der Waals surface area contributed by atoms with Gasteiger partial charge in [0.15, 0.2) is 0 Å². The molecule has 2 amide bonds. The number of piperidine rings is 1. The Morgan fingerprint density at radius 3 is 2.71 bits per heavy atom. The highest BCUT2D eigenvalue weighted by atomic mass is 127. The molecule has 1 aromatic rings. The van der Waals surface area contributed by atoms with Crippen LogP contribution in [0.3, 0.4) is 0 Å². The van der Waals surface area contributed by atoms with Gasteiger partial charge in [-0.15, -0.1) is 0 Å². The molecule has 7 rings (SSSR count). The number of likely N-dealkylation sites (tertiary alicyclic amines) is 1. The van der Waals surface area contributed by atoms with Crippen molar-refractivity contribution in [2.75, 3.05) is 26.2 Å². The first kappa shape index (κ1) is 40.7. The van der Waals surface area contributed by atoms with Gasteiger partial charge < -0.3 is 20.5 Å². The number of azide groups is 1. The molecular formula is C44H63IN6O4. The monoisotopic (exact) mass is 866 g/mol. The number of amides is 2. The summed E-state index contributed by atoms with van der Waals surface area (Å²) in [4.78, 5) is 30.7. The van der Waals surface area contributed by atoms with Crippen molar-refractivity contribution >= 4 is 40.1 Å². The van der Waals surface area contributed by atoms with Crippen molar-refractivity contribution < 1.29 is 19.4 Å². The minimum absolute atomic E-state index is 0.00599. The predicted molar refractivity (Wildman–Crippen MR) is 224 cm³/mol. The van der Waals surface area contributed by atoms with E-state index in [1.807, 2.05) is 18.2 Å². The van der Waals surface area contributed by atoms with Crippen LogP contribution in [-0.4, -0.2) is 71.9 Å². The van der Waals surface area contributed by atoms with Crippen LogP contribution in [0.5, 0.6) is 0 Å². The number of aliphatic hydroxyl groups is 1. The number of hydrogen-bond acceptors (Lipinski definition) is 6. The second-order valence-electron chi connectivity index (χ2n) is 18.2. The number of aryl methyl sites for hydroxylation is 1. The van der Waals surface area contributed by atoms with Crippen LogP contribution in [0.1, 0.15) is 117 Å². The van der Waals surface area contributed by atoms with Gasteiger partial charge in [-0.25, -0.2) is 0 Å². The summed E-state index contributed by atoms with van der Waals surface area (Å²) in [7, 11) is 0. The number of benzene rings is 1. The van der Waals surface area contributed by atoms with Crippen molar-refractivity contribution in [2.24, 2.45) is 40.1 Å². The van der Waals surface area contributed by atoms with Crippen LogP contribution in [0, 0.1) is 38.6 Å². The third-order valence-electron chi connectivity index (χ3n) is 15.0. The fourth-order valence-corrected chi connectivity index (χ4v) is 12.6. The average Bonchev–Trinajstić information content (AvgIpc) is 3.68. The number of aliphatic hydroxyl groups excluding tert-OH is 1. The first-order valence-corrected chi connectivity index (χ1v) is 22.4. The van der Waals surface area contributed by atoms with Crippen LogP contribution < -0.4 is 10.6 Å². The number of carbonyl (C=O) groups excluding carboxylic acids is 2. The van der Waals surface area contributed by atoms with E-state index in [1.54, 1.807) is 11.1 Å². The van der Waals surface area contributed by atoms with Crippen molar-refractivity contribution in [2.45, 2.75) is 141 Å². The number of nitrogens with zero attached hydrogens (tertiary/aromatic N) is 4. The van der Waals surface area contributed by atoms with Crippen molar-refractivity contribution in [3.05, 3.63) is 60.6 Å². The van der Waals surface area contributed by atoms with Crippen molar-refractivity contribution in [1.29, 1.82) is 0 Å². The molecule has 11 heteroatoms. The van der Waals surface area contributed by atoms with Gasteiger partial charge in [-0.3, -0.25) is 14.5 Å². The fraction of sp³-hybridized carbons (Fsp3) is 0.727. The average molecular weight is 867 g/mol. The Morgan fingerprint density at radius 1 is 1.09 bits per heavy atom. The third-order valence-corrected chi connectivity index (χ3v) is 15.9. The van der Waals surface area contributed by atoms with Gasteiger partial charge in [-0.1, -0.05) is 55.6 Å². The van der Waals surface area contributed by atoms with Crippen LogP contribution in [0.25, 0.3) is 10.4 Å². The number of unbranched alkanes of at least 4 members (excludes halogenated alkanes) is 2. The summed E-state index contributed by atoms with van der Waals surface area (Å²) in [6.07, 6.45) is 15.4. The molecule has 4 aliphatic carbocycles. The largest absolute Gasteiger partial charge is 0.393 e. The Hall–Kier alpha value is -2.44. The van der Waals surface area contributed by atoms with Gasteiger partial charge in [-0.05, 0) is 158 Å². The number of ether oxygens (including phenoxy) is 1. The second-order valence-corrected chi connectivity index (χ2v) is 19.4. The lowest BCUT2D eigenvalue weighted by molar-refractivity contribution is -0.122. The molecule has 10 atom stereocenters. The summed E-state index contributed by atoms with van der Waals surface area (Å²) in [5.74, 6) is 3.18. The first-order chi connectivity index (χ1) is 26.4. The Labute approximate surface area is 341 Å². The Balaban J connectivity index is 0.851. The standard InChI is InChI=1S/C44H63IN6O4/c1-27-22-39-42(29(3)44(55-39)18-16-33-34-12-11-31-24-32(52)15-17-43(31,4)36(34)25-35(33)28(44)2)51(26-27)21-20-48-40(53)8-6-5-7-19-47-41(54)14-10-30-9-13-37(45)38(23-30)49-50-46/h9,11,13,23,27,29,32-34,36,39,42,52H,5-8,10,12,14-22,24-26H2,1-4H3,(H,47,54)(H,48,53). The molecule has 4 fully saturated rings. The molecule has 2 saturated carbocycles. The molecule has 0 radical (unpaired) electrons. The van der Waals surface area contributed by atoms with Gasteiger partial charge in [0.05, 0.1) is 23.5 Å². The molecule has 0 bridgehead atoms. The van der Waals surface area contributed by atoms with E-state index < -0.39 is 0 Å². The van der Waals surface area contributed by atoms with Gasteiger partial charge in [0.25, 0.3) is 0 Å². The smallest absolute Gasteiger partial charge is 0.220 e. The number of hydrogen-bond donors (Lipinski definition) is 3. The van der Waals surface area contributed by atoms with E-state index in [9.17, 15) is 14.7 Å². The third kappa shape index (κ3) is 8.30. The fourth-order valence-electron chi connectivity index (χ4n) is 12.1. The zero-order valence-corrected chi connectivity index (χ0v) is 35.7. The highest BCUT2D eigenvalue weighted by Gasteiger charge is 2.61. The Bertz CT molecular complexity index is 1720. The predicted octanol–water partition coefficient (Wildman–Crippen LogP) is 8.69. The molecule has 6 aliphatic rings. The van der Waals surface area contributed by atoms with Crippen LogP contribution in [0.2, 0.25) is 0 Å². The van der Waals surface area contributed by atoms with Gasteiger partial charge in [-0.2, -0.15) is 0 Å². The highest BCUT2D eigenvalue weighted by Crippen LogP contribution is 2.65. The summed E-state index contributed by atoms with van der Waals surface area (Å²) in [5.41, 5.74) is 15.1. The maximum absolute atomic E-state index is 12.8. The van der Waals surface area contributed by atoms with E-state index in [0.29, 0.717) is 67.8 Å². The summed E-state index contributed by atoms with van der Waals surface area (Å²) in [6, 6.07) is 6.07. The van der Waals surface area contributed by atoms with Crippen LogP contribution in [0.4, 0.5) is 5.69 Å². The zero-order valence-electron chi connectivity index (χ0n) is 33.5. The van der Waals surface area contributed by atoms with Crippen LogP contribution in [-0.2, 0) is 20.7 Å². The number of fused-ring (bicyclic) bond motifs is 6. The maximum Gasteiger partial charge on any atom is 0.220 e. The molecule has 2 heterocycles. The molecule has 2 aliphatic heterocycles. The normalized spacial score (nSPS) is 35.3.